The SMILES string of the molecule is O=C(NC(C=CS(=O)(=O)c1ccccc1)CCc1ccccc1)C(Cc1ccc(O)cc1)NC(=O)N1CCOCC1. The van der Waals surface area contributed by atoms with Crippen LogP contribution in [0.2, 0.25) is 0 Å². The highest BCUT2D eigenvalue weighted by Crippen LogP contribution is 2.15. The van der Waals surface area contributed by atoms with E-state index in [1.807, 2.05) is 30.3 Å². The van der Waals surface area contributed by atoms with Crippen molar-refractivity contribution >= 4 is 21.8 Å². The van der Waals surface area contributed by atoms with Crippen LogP contribution >= 0.6 is 0 Å². The number of morpholine rings is 1. The first-order valence-corrected chi connectivity index (χ1v) is 15.1. The molecule has 2 atom stereocenters. The molecule has 10 heteroatoms. The van der Waals surface area contributed by atoms with E-state index in [9.17, 15) is 23.1 Å². The van der Waals surface area contributed by atoms with Crippen molar-refractivity contribution in [1.82, 2.24) is 15.5 Å². The van der Waals surface area contributed by atoms with Crippen molar-refractivity contribution in [2.24, 2.45) is 0 Å². The second-order valence-corrected chi connectivity index (χ2v) is 11.6. The lowest BCUT2D eigenvalue weighted by molar-refractivity contribution is -0.123. The molecule has 3 aromatic carbocycles. The molecule has 216 valence electrons. The molecule has 0 aliphatic carbocycles. The first-order chi connectivity index (χ1) is 19.8. The van der Waals surface area contributed by atoms with E-state index in [0.717, 1.165) is 16.5 Å². The number of nitrogens with one attached hydrogen (secondary N) is 2. The maximum atomic E-state index is 13.6. The summed E-state index contributed by atoms with van der Waals surface area (Å²) in [7, 11) is -3.72. The predicted octanol–water partition coefficient (Wildman–Crippen LogP) is 3.45. The number of carbonyl (C=O) groups is 2. The van der Waals surface area contributed by atoms with Gasteiger partial charge >= 0.3 is 6.03 Å². The number of hydrogen-bond acceptors (Lipinski definition) is 6. The van der Waals surface area contributed by atoms with Crippen LogP contribution in [0, 0.1) is 0 Å². The molecular weight excluding hydrogens is 542 g/mol. The molecule has 1 fully saturated rings. The summed E-state index contributed by atoms with van der Waals surface area (Å²) in [6.45, 7) is 1.67. The number of ether oxygens (including phenoxy) is 1. The second-order valence-electron chi connectivity index (χ2n) is 9.80. The summed E-state index contributed by atoms with van der Waals surface area (Å²) in [5.74, 6) is -0.350. The van der Waals surface area contributed by atoms with Crippen molar-refractivity contribution in [3.63, 3.8) is 0 Å². The third-order valence-corrected chi connectivity index (χ3v) is 8.21. The van der Waals surface area contributed by atoms with Crippen LogP contribution in [0.25, 0.3) is 0 Å². The number of phenolic OH excluding ortho intramolecular Hbond substituents is 1. The third-order valence-electron chi connectivity index (χ3n) is 6.76. The van der Waals surface area contributed by atoms with E-state index in [4.69, 9.17) is 4.74 Å². The lowest BCUT2D eigenvalue weighted by atomic mass is 10.0. The summed E-state index contributed by atoms with van der Waals surface area (Å²) in [5, 5.41) is 16.6. The number of aromatic hydroxyl groups is 1. The molecule has 3 N–H and O–H groups in total. The highest BCUT2D eigenvalue weighted by Gasteiger charge is 2.26. The maximum absolute atomic E-state index is 13.6. The average Bonchev–Trinajstić information content (AvgIpc) is 3.00. The number of sulfone groups is 1. The van der Waals surface area contributed by atoms with Crippen LogP contribution in [0.15, 0.2) is 101 Å². The monoisotopic (exact) mass is 577 g/mol. The van der Waals surface area contributed by atoms with Gasteiger partial charge in [-0.05, 0) is 48.2 Å². The van der Waals surface area contributed by atoms with Crippen LogP contribution in [0.1, 0.15) is 17.5 Å². The summed E-state index contributed by atoms with van der Waals surface area (Å²) in [6.07, 6.45) is 2.72. The summed E-state index contributed by atoms with van der Waals surface area (Å²) in [4.78, 5) is 28.4. The standard InChI is InChI=1S/C31H35N3O6S/c35-27-15-12-25(13-16-27)23-29(33-31(37)34-18-20-40-21-19-34)30(36)32-26(14-11-24-7-3-1-4-8-24)17-22-41(38,39)28-9-5-2-6-10-28/h1-10,12-13,15-17,22,26,29,35H,11,14,18-21,23H2,(H,32,36)(H,33,37). The maximum Gasteiger partial charge on any atom is 0.318 e. The predicted molar refractivity (Wildman–Crippen MR) is 156 cm³/mol. The van der Waals surface area contributed by atoms with Gasteiger partial charge in [-0.15, -0.1) is 0 Å². The number of rotatable bonds is 11. The van der Waals surface area contributed by atoms with Gasteiger partial charge in [0, 0.05) is 31.0 Å². The Labute approximate surface area is 240 Å². The van der Waals surface area contributed by atoms with Crippen LogP contribution in [0.5, 0.6) is 5.75 Å². The van der Waals surface area contributed by atoms with E-state index in [1.54, 1.807) is 35.2 Å². The van der Waals surface area contributed by atoms with Gasteiger partial charge < -0.3 is 25.4 Å². The van der Waals surface area contributed by atoms with Gasteiger partial charge in [-0.25, -0.2) is 13.2 Å². The molecule has 3 aromatic rings. The highest BCUT2D eigenvalue weighted by molar-refractivity contribution is 7.94. The topological polar surface area (TPSA) is 125 Å². The molecule has 3 amide bonds. The van der Waals surface area contributed by atoms with Crippen molar-refractivity contribution in [2.75, 3.05) is 26.3 Å². The highest BCUT2D eigenvalue weighted by atomic mass is 32.2. The van der Waals surface area contributed by atoms with Gasteiger partial charge in [0.25, 0.3) is 0 Å². The zero-order valence-corrected chi connectivity index (χ0v) is 23.5. The van der Waals surface area contributed by atoms with E-state index in [0.29, 0.717) is 39.1 Å². The van der Waals surface area contributed by atoms with E-state index in [1.165, 1.54) is 30.3 Å². The minimum Gasteiger partial charge on any atom is -0.508 e. The van der Waals surface area contributed by atoms with Gasteiger partial charge in [0.05, 0.1) is 18.1 Å². The van der Waals surface area contributed by atoms with Crippen LogP contribution in [0.3, 0.4) is 0 Å². The number of aryl methyl sites for hydroxylation is 1. The smallest absolute Gasteiger partial charge is 0.318 e. The zero-order chi connectivity index (χ0) is 29.1. The van der Waals surface area contributed by atoms with Crippen molar-refractivity contribution in [2.45, 2.75) is 36.2 Å². The number of nitrogens with zero attached hydrogens (tertiary/aromatic N) is 1. The lowest BCUT2D eigenvalue weighted by Crippen LogP contribution is -2.55. The average molecular weight is 578 g/mol. The number of benzene rings is 3. The molecule has 0 spiro atoms. The van der Waals surface area contributed by atoms with Crippen LogP contribution < -0.4 is 10.6 Å². The minimum atomic E-state index is -3.72. The van der Waals surface area contributed by atoms with E-state index < -0.39 is 27.8 Å². The quantitative estimate of drug-likeness (QED) is 0.321. The Bertz CT molecular complexity index is 1410. The molecule has 1 saturated heterocycles. The van der Waals surface area contributed by atoms with Crippen molar-refractivity contribution in [3.8, 4) is 5.75 Å². The summed E-state index contributed by atoms with van der Waals surface area (Å²) < 4.78 is 31.2. The molecule has 0 aromatic heterocycles. The fourth-order valence-electron chi connectivity index (χ4n) is 4.44. The fraction of sp³-hybridized carbons (Fsp3) is 0.290. The molecule has 0 saturated carbocycles. The van der Waals surface area contributed by atoms with Crippen LogP contribution in [-0.2, 0) is 32.2 Å². The Kier molecular flexibility index (Phi) is 10.5. The Morgan fingerprint density at radius 2 is 1.51 bits per heavy atom. The van der Waals surface area contributed by atoms with Crippen molar-refractivity contribution < 1.29 is 27.9 Å². The normalized spacial score (nSPS) is 15.3. The van der Waals surface area contributed by atoms with Gasteiger partial charge in [0.1, 0.15) is 11.8 Å². The van der Waals surface area contributed by atoms with Gasteiger partial charge in [0.2, 0.25) is 5.91 Å². The second kappa shape index (κ2) is 14.5. The Morgan fingerprint density at radius 3 is 2.17 bits per heavy atom. The number of phenols is 1. The van der Waals surface area contributed by atoms with Crippen LogP contribution in [-0.4, -0.2) is 68.7 Å². The van der Waals surface area contributed by atoms with Gasteiger partial charge in [-0.2, -0.15) is 0 Å². The first kappa shape index (κ1) is 29.8. The van der Waals surface area contributed by atoms with Crippen molar-refractivity contribution in [1.29, 1.82) is 0 Å². The number of amides is 3. The molecule has 1 aliphatic heterocycles. The van der Waals surface area contributed by atoms with E-state index in [2.05, 4.69) is 10.6 Å². The molecule has 4 rings (SSSR count). The minimum absolute atomic E-state index is 0.0952. The molecule has 41 heavy (non-hydrogen) atoms. The first-order valence-electron chi connectivity index (χ1n) is 13.5. The third kappa shape index (κ3) is 9.19. The summed E-state index contributed by atoms with van der Waals surface area (Å²) >= 11 is 0. The van der Waals surface area contributed by atoms with Gasteiger partial charge in [0.15, 0.2) is 9.84 Å². The molecular formula is C31H35N3O6S. The molecule has 1 aliphatic rings. The summed E-state index contributed by atoms with van der Waals surface area (Å²) in [5.41, 5.74) is 1.79. The molecule has 0 radical (unpaired) electrons. The van der Waals surface area contributed by atoms with E-state index >= 15 is 0 Å². The largest absolute Gasteiger partial charge is 0.508 e. The van der Waals surface area contributed by atoms with Crippen molar-refractivity contribution in [3.05, 3.63) is 108 Å². The molecule has 2 unspecified atom stereocenters. The lowest BCUT2D eigenvalue weighted by Gasteiger charge is -2.29. The molecule has 1 heterocycles. The van der Waals surface area contributed by atoms with Gasteiger partial charge in [-0.1, -0.05) is 66.7 Å². The Balaban J connectivity index is 1.54. The molecule has 0 bridgehead atoms. The summed E-state index contributed by atoms with van der Waals surface area (Å²) in [6, 6.07) is 22.3. The zero-order valence-electron chi connectivity index (χ0n) is 22.7. The van der Waals surface area contributed by atoms with Gasteiger partial charge in [-0.3, -0.25) is 4.79 Å². The number of urea groups is 1. The Hall–Kier alpha value is -4.15. The number of carbonyl (C=O) groups excluding carboxylic acids is 2. The molecule has 9 nitrogen and oxygen atoms in total. The van der Waals surface area contributed by atoms with E-state index in [-0.39, 0.29) is 23.1 Å². The Morgan fingerprint density at radius 1 is 0.878 bits per heavy atom. The fourth-order valence-corrected chi connectivity index (χ4v) is 5.53. The van der Waals surface area contributed by atoms with Crippen LogP contribution in [0.4, 0.5) is 4.79 Å². The number of hydrogen-bond donors (Lipinski definition) is 3.